The Labute approximate surface area is 174 Å². The molecule has 0 spiro atoms. The Morgan fingerprint density at radius 1 is 1.14 bits per heavy atom. The maximum Gasteiger partial charge on any atom is 0.258 e. The van der Waals surface area contributed by atoms with Gasteiger partial charge in [-0.3, -0.25) is 15.6 Å². The van der Waals surface area contributed by atoms with E-state index in [1.54, 1.807) is 28.3 Å². The molecule has 2 aromatic carbocycles. The highest BCUT2D eigenvalue weighted by atomic mass is 32.1. The third kappa shape index (κ3) is 4.23. The van der Waals surface area contributed by atoms with Crippen molar-refractivity contribution in [3.8, 4) is 11.5 Å². The fourth-order valence-electron chi connectivity index (χ4n) is 2.78. The highest BCUT2D eigenvalue weighted by Gasteiger charge is 2.16. The first-order chi connectivity index (χ1) is 14.1. The molecule has 0 aliphatic carbocycles. The number of carbonyl (C=O) groups excluding carboxylic acids is 1. The standard InChI is InChI=1S/C19H15FN6OS2/c20-12-5-1-2-6-13(12)23-19(28)25-24-17(27)9-26-16-8-4-3-7-14(16)22-18(26)15-10-29-11-21-15/h1-8,10-11H,9H2,(H,24,27)(H2,23,25,28). The summed E-state index contributed by atoms with van der Waals surface area (Å²) in [7, 11) is 0. The number of nitrogens with zero attached hydrogens (tertiary/aromatic N) is 3. The molecule has 0 radical (unpaired) electrons. The number of nitrogens with one attached hydrogen (secondary N) is 3. The highest BCUT2D eigenvalue weighted by Crippen LogP contribution is 2.24. The predicted octanol–water partition coefficient (Wildman–Crippen LogP) is 3.32. The van der Waals surface area contributed by atoms with Gasteiger partial charge >= 0.3 is 0 Å². The van der Waals surface area contributed by atoms with Crippen LogP contribution in [0.5, 0.6) is 0 Å². The topological polar surface area (TPSA) is 83.9 Å². The number of halogens is 1. The van der Waals surface area contributed by atoms with Crippen molar-refractivity contribution in [1.82, 2.24) is 25.4 Å². The van der Waals surface area contributed by atoms with Crippen molar-refractivity contribution >= 4 is 51.3 Å². The largest absolute Gasteiger partial charge is 0.329 e. The molecule has 0 fully saturated rings. The lowest BCUT2D eigenvalue weighted by molar-refractivity contribution is -0.122. The van der Waals surface area contributed by atoms with E-state index in [-0.39, 0.29) is 23.3 Å². The lowest BCUT2D eigenvalue weighted by Crippen LogP contribution is -2.45. The van der Waals surface area contributed by atoms with Crippen LogP contribution in [0.25, 0.3) is 22.6 Å². The van der Waals surface area contributed by atoms with Crippen molar-refractivity contribution in [2.75, 3.05) is 5.32 Å². The molecule has 0 saturated heterocycles. The summed E-state index contributed by atoms with van der Waals surface area (Å²) in [6.07, 6.45) is 0. The number of rotatable bonds is 4. The first-order valence-corrected chi connectivity index (χ1v) is 9.91. The zero-order chi connectivity index (χ0) is 20.2. The zero-order valence-corrected chi connectivity index (χ0v) is 16.6. The van der Waals surface area contributed by atoms with E-state index in [9.17, 15) is 9.18 Å². The Balaban J connectivity index is 1.46. The quantitative estimate of drug-likeness (QED) is 0.343. The Morgan fingerprint density at radius 2 is 1.93 bits per heavy atom. The molecule has 2 aromatic heterocycles. The van der Waals surface area contributed by atoms with E-state index in [1.165, 1.54) is 17.4 Å². The Hall–Kier alpha value is -3.37. The number of benzene rings is 2. The van der Waals surface area contributed by atoms with Crippen molar-refractivity contribution in [3.63, 3.8) is 0 Å². The molecule has 3 N–H and O–H groups in total. The molecule has 7 nitrogen and oxygen atoms in total. The fourth-order valence-corrected chi connectivity index (χ4v) is 3.47. The number of carbonyl (C=O) groups is 1. The summed E-state index contributed by atoms with van der Waals surface area (Å²) >= 11 is 6.55. The lowest BCUT2D eigenvalue weighted by Gasteiger charge is -2.13. The number of fused-ring (bicyclic) bond motifs is 1. The number of para-hydroxylation sites is 3. The van der Waals surface area contributed by atoms with E-state index in [2.05, 4.69) is 26.1 Å². The van der Waals surface area contributed by atoms with E-state index >= 15 is 0 Å². The molecule has 4 aromatic rings. The van der Waals surface area contributed by atoms with Crippen molar-refractivity contribution in [3.05, 3.63) is 65.2 Å². The second-order valence-corrected chi connectivity index (χ2v) is 7.12. The van der Waals surface area contributed by atoms with E-state index in [4.69, 9.17) is 12.2 Å². The van der Waals surface area contributed by atoms with Gasteiger partial charge in [0.2, 0.25) is 0 Å². The third-order valence-electron chi connectivity index (χ3n) is 4.06. The van der Waals surface area contributed by atoms with Crippen LogP contribution in [-0.4, -0.2) is 25.6 Å². The number of hydrazine groups is 1. The first kappa shape index (κ1) is 19.0. The molecule has 146 valence electrons. The molecule has 0 saturated carbocycles. The van der Waals surface area contributed by atoms with Gasteiger partial charge in [0.15, 0.2) is 10.9 Å². The predicted molar refractivity (Wildman–Crippen MR) is 115 cm³/mol. The second-order valence-electron chi connectivity index (χ2n) is 5.99. The highest BCUT2D eigenvalue weighted by molar-refractivity contribution is 7.80. The average molecular weight is 427 g/mol. The number of amides is 1. The molecule has 1 amide bonds. The average Bonchev–Trinajstić information content (AvgIpc) is 3.37. The minimum atomic E-state index is -0.444. The van der Waals surface area contributed by atoms with Crippen LogP contribution >= 0.6 is 23.6 Å². The van der Waals surface area contributed by atoms with Gasteiger partial charge in [-0.2, -0.15) is 0 Å². The monoisotopic (exact) mass is 426 g/mol. The smallest absolute Gasteiger partial charge is 0.258 e. The summed E-state index contributed by atoms with van der Waals surface area (Å²) in [4.78, 5) is 21.4. The van der Waals surface area contributed by atoms with Gasteiger partial charge in [-0.1, -0.05) is 24.3 Å². The minimum Gasteiger partial charge on any atom is -0.329 e. The number of anilines is 1. The molecule has 2 heterocycles. The van der Waals surface area contributed by atoms with Crippen molar-refractivity contribution in [2.45, 2.75) is 6.54 Å². The van der Waals surface area contributed by atoms with Gasteiger partial charge in [0.25, 0.3) is 5.91 Å². The summed E-state index contributed by atoms with van der Waals surface area (Å²) in [6, 6.07) is 13.7. The summed E-state index contributed by atoms with van der Waals surface area (Å²) in [6.45, 7) is 0.00266. The Kier molecular flexibility index (Phi) is 5.45. The van der Waals surface area contributed by atoms with Gasteiger partial charge in [-0.15, -0.1) is 11.3 Å². The Bertz CT molecular complexity index is 1170. The van der Waals surface area contributed by atoms with Crippen LogP contribution < -0.4 is 16.2 Å². The van der Waals surface area contributed by atoms with Crippen LogP contribution in [0.15, 0.2) is 59.4 Å². The zero-order valence-electron chi connectivity index (χ0n) is 14.9. The molecule has 4 rings (SSSR count). The van der Waals surface area contributed by atoms with Crippen LogP contribution in [0.3, 0.4) is 0 Å². The van der Waals surface area contributed by atoms with Crippen molar-refractivity contribution in [1.29, 1.82) is 0 Å². The number of thiazole rings is 1. The summed E-state index contributed by atoms with van der Waals surface area (Å²) in [5.41, 5.74) is 9.31. The van der Waals surface area contributed by atoms with Crippen LogP contribution in [0, 0.1) is 5.82 Å². The summed E-state index contributed by atoms with van der Waals surface area (Å²) in [5, 5.41) is 4.64. The van der Waals surface area contributed by atoms with Gasteiger partial charge in [0.1, 0.15) is 18.1 Å². The van der Waals surface area contributed by atoms with E-state index in [0.717, 1.165) is 11.0 Å². The molecule has 0 aliphatic rings. The second kappa shape index (κ2) is 8.33. The maximum atomic E-state index is 13.7. The van der Waals surface area contributed by atoms with E-state index in [0.29, 0.717) is 11.5 Å². The van der Waals surface area contributed by atoms with Crippen molar-refractivity contribution in [2.24, 2.45) is 0 Å². The summed E-state index contributed by atoms with van der Waals surface area (Å²) < 4.78 is 15.5. The van der Waals surface area contributed by atoms with Gasteiger partial charge in [-0.05, 0) is 36.5 Å². The fraction of sp³-hybridized carbons (Fsp3) is 0.0526. The minimum absolute atomic E-state index is 0.00266. The number of hydrogen-bond acceptors (Lipinski definition) is 5. The molecular weight excluding hydrogens is 411 g/mol. The molecule has 0 aliphatic heterocycles. The molecule has 0 unspecified atom stereocenters. The molecule has 10 heteroatoms. The van der Waals surface area contributed by atoms with Gasteiger partial charge in [0.05, 0.1) is 22.2 Å². The number of hydrogen-bond donors (Lipinski definition) is 3. The van der Waals surface area contributed by atoms with Crippen LogP contribution in [-0.2, 0) is 11.3 Å². The van der Waals surface area contributed by atoms with Crippen molar-refractivity contribution < 1.29 is 9.18 Å². The molecular formula is C19H15FN6OS2. The third-order valence-corrected chi connectivity index (χ3v) is 4.85. The van der Waals surface area contributed by atoms with Gasteiger partial charge < -0.3 is 9.88 Å². The van der Waals surface area contributed by atoms with E-state index in [1.807, 2.05) is 29.6 Å². The van der Waals surface area contributed by atoms with Crippen LogP contribution in [0.2, 0.25) is 0 Å². The normalized spacial score (nSPS) is 10.7. The first-order valence-electron chi connectivity index (χ1n) is 8.56. The number of aromatic nitrogens is 3. The molecule has 0 bridgehead atoms. The maximum absolute atomic E-state index is 13.7. The van der Waals surface area contributed by atoms with Gasteiger partial charge in [0, 0.05) is 5.38 Å². The number of imidazole rings is 1. The molecule has 0 atom stereocenters. The van der Waals surface area contributed by atoms with E-state index < -0.39 is 5.82 Å². The molecule has 29 heavy (non-hydrogen) atoms. The lowest BCUT2D eigenvalue weighted by atomic mass is 10.3. The van der Waals surface area contributed by atoms with Gasteiger partial charge in [-0.25, -0.2) is 14.4 Å². The summed E-state index contributed by atoms with van der Waals surface area (Å²) in [5.74, 6) is -0.183. The Morgan fingerprint density at radius 3 is 2.72 bits per heavy atom. The van der Waals surface area contributed by atoms with Crippen LogP contribution in [0.1, 0.15) is 0 Å². The number of thiocarbonyl (C=S) groups is 1. The van der Waals surface area contributed by atoms with Crippen LogP contribution in [0.4, 0.5) is 10.1 Å². The SMILES string of the molecule is O=C(Cn1c(-c2cscn2)nc2ccccc21)NNC(=S)Nc1ccccc1F.